The van der Waals surface area contributed by atoms with Crippen LogP contribution in [0.15, 0.2) is 182 Å². The van der Waals surface area contributed by atoms with Gasteiger partial charge in [-0.3, -0.25) is 6.08 Å². The van der Waals surface area contributed by atoms with E-state index in [4.69, 9.17) is 0 Å². The van der Waals surface area contributed by atoms with Gasteiger partial charge in [0.25, 0.3) is 0 Å². The molecule has 0 atom stereocenters. The zero-order valence-corrected chi connectivity index (χ0v) is 29.3. The van der Waals surface area contributed by atoms with Crippen LogP contribution in [0.2, 0.25) is 0 Å². The van der Waals surface area contributed by atoms with Crippen molar-refractivity contribution in [2.45, 2.75) is 6.42 Å². The van der Waals surface area contributed by atoms with Gasteiger partial charge < -0.3 is 24.8 Å². The molecule has 7 aromatic carbocycles. The summed E-state index contributed by atoms with van der Waals surface area (Å²) in [4.78, 5) is 0. The van der Waals surface area contributed by atoms with Crippen molar-refractivity contribution < 1.29 is 49.0 Å². The molecule has 8 rings (SSSR count). The molecule has 46 heavy (non-hydrogen) atoms. The van der Waals surface area contributed by atoms with Crippen LogP contribution in [-0.4, -0.2) is 3.21 Å². The third-order valence-corrected chi connectivity index (χ3v) is 9.12. The molecule has 7 aromatic rings. The van der Waals surface area contributed by atoms with E-state index in [0.29, 0.717) is 0 Å². The maximum atomic E-state index is 3.32. The molecule has 224 valence electrons. The molecule has 1 aliphatic carbocycles. The van der Waals surface area contributed by atoms with E-state index in [0.717, 1.165) is 6.42 Å². The van der Waals surface area contributed by atoms with Crippen molar-refractivity contribution in [2.75, 3.05) is 0 Å². The fourth-order valence-corrected chi connectivity index (χ4v) is 6.31. The molecule has 0 heterocycles. The van der Waals surface area contributed by atoms with Gasteiger partial charge in [0.05, 0.1) is 0 Å². The first-order valence-electron chi connectivity index (χ1n) is 14.9. The smallest absolute Gasteiger partial charge is 0.0771 e. The molecule has 1 aliphatic rings. The Bertz CT molecular complexity index is 1930. The maximum absolute atomic E-state index is 3.32. The summed E-state index contributed by atoms with van der Waals surface area (Å²) in [6.07, 6.45) is 6.34. The SMILES string of the molecule is [C-]1=CC(c2ccccc2)=C(c2ccccc2)C1.[Cl-].[Cl-].[Zr+2]=[C](c1ccccc1)c1ccccc1.c1ccc2c(c1)[cH-]c1ccccc12. The fraction of sp³-hybridized carbons (Fsp3) is 0.0233. The predicted molar refractivity (Wildman–Crippen MR) is 185 cm³/mol. The number of fused-ring (bicyclic) bond motifs is 3. The van der Waals surface area contributed by atoms with E-state index < -0.39 is 0 Å². The second-order valence-electron chi connectivity index (χ2n) is 10.6. The van der Waals surface area contributed by atoms with Crippen LogP contribution in [0.4, 0.5) is 0 Å². The standard InChI is InChI=1S/C17H13.C13H9.C13H10.2ClH.Zr/c1-3-8-14(9-4-1)16-12-7-13-17(16)15-10-5-2-6-11-15;1-3-7-12-10(5-1)9-11-6-2-4-8-13(11)12;1-3-7-12(8-4-1)11-13-9-5-2-6-10-13;;;/h1-6,8-12H,13H2;1-9H;1-10H;2*1H;/q2*-1;;;;+2/p-2. The zero-order valence-electron chi connectivity index (χ0n) is 25.3. The molecule has 3 heteroatoms. The van der Waals surface area contributed by atoms with E-state index in [1.54, 1.807) is 0 Å². The Morgan fingerprint density at radius 2 is 0.870 bits per heavy atom. The second-order valence-corrected chi connectivity index (χ2v) is 11.8. The molecule has 0 spiro atoms. The Labute approximate surface area is 299 Å². The summed E-state index contributed by atoms with van der Waals surface area (Å²) in [5, 5.41) is 5.39. The van der Waals surface area contributed by atoms with Gasteiger partial charge in [-0.2, -0.15) is 5.57 Å². The molecule has 0 bridgehead atoms. The van der Waals surface area contributed by atoms with Crippen LogP contribution in [0.5, 0.6) is 0 Å². The molecule has 0 amide bonds. The van der Waals surface area contributed by atoms with Crippen LogP contribution >= 0.6 is 0 Å². The topological polar surface area (TPSA) is 0 Å². The predicted octanol–water partition coefficient (Wildman–Crippen LogP) is 4.88. The average molecular weight is 711 g/mol. The summed E-state index contributed by atoms with van der Waals surface area (Å²) in [5.74, 6) is 0. The minimum Gasteiger partial charge on any atom is -0.126 e. The first-order chi connectivity index (χ1) is 21.8. The van der Waals surface area contributed by atoms with Crippen LogP contribution in [-0.2, 0) is 24.2 Å². The van der Waals surface area contributed by atoms with Crippen molar-refractivity contribution in [3.8, 4) is 0 Å². The van der Waals surface area contributed by atoms with Gasteiger partial charge in [0.15, 0.2) is 0 Å². The van der Waals surface area contributed by atoms with Gasteiger partial charge in [-0.1, -0.05) is 97.1 Å². The molecule has 0 fully saturated rings. The maximum Gasteiger partial charge on any atom is -0.0771 e. The summed E-state index contributed by atoms with van der Waals surface area (Å²) >= 11 is 1.46. The first kappa shape index (κ1) is 34.9. The van der Waals surface area contributed by atoms with E-state index in [1.807, 2.05) is 0 Å². The number of benzene rings is 6. The van der Waals surface area contributed by atoms with Gasteiger partial charge in [-0.15, -0.1) is 57.3 Å². The first-order valence-corrected chi connectivity index (χ1v) is 16.1. The van der Waals surface area contributed by atoms with E-state index in [9.17, 15) is 0 Å². The van der Waals surface area contributed by atoms with Crippen molar-refractivity contribution in [1.29, 1.82) is 0 Å². The third kappa shape index (κ3) is 8.62. The van der Waals surface area contributed by atoms with Gasteiger partial charge in [0.2, 0.25) is 0 Å². The molecular formula is C43H32Cl2Zr-2. The monoisotopic (exact) mass is 708 g/mol. The molecule has 0 unspecified atom stereocenters. The van der Waals surface area contributed by atoms with Crippen LogP contribution in [0.1, 0.15) is 28.7 Å². The van der Waals surface area contributed by atoms with E-state index in [-0.39, 0.29) is 24.8 Å². The number of rotatable bonds is 4. The molecule has 0 saturated carbocycles. The van der Waals surface area contributed by atoms with Crippen molar-refractivity contribution in [3.05, 3.63) is 210 Å². The van der Waals surface area contributed by atoms with Crippen LogP contribution in [0, 0.1) is 6.08 Å². The van der Waals surface area contributed by atoms with Gasteiger partial charge in [0.1, 0.15) is 0 Å². The van der Waals surface area contributed by atoms with Gasteiger partial charge in [-0.25, -0.2) is 6.08 Å². The van der Waals surface area contributed by atoms with Crippen molar-refractivity contribution in [2.24, 2.45) is 0 Å². The summed E-state index contributed by atoms with van der Waals surface area (Å²) in [6, 6.07) is 61.5. The largest absolute Gasteiger partial charge is 0.126 e. The molecule has 0 aliphatic heterocycles. The fourth-order valence-electron chi connectivity index (χ4n) is 5.49. The number of halogens is 2. The van der Waals surface area contributed by atoms with Crippen molar-refractivity contribution >= 4 is 35.9 Å². The van der Waals surface area contributed by atoms with Gasteiger partial charge >= 0.3 is 99.2 Å². The van der Waals surface area contributed by atoms with Crippen molar-refractivity contribution in [1.82, 2.24) is 0 Å². The molecule has 0 aromatic heterocycles. The Morgan fingerprint density at radius 1 is 0.478 bits per heavy atom. The third-order valence-electron chi connectivity index (χ3n) is 7.71. The minimum absolute atomic E-state index is 0. The molecule has 0 radical (unpaired) electrons. The van der Waals surface area contributed by atoms with Crippen molar-refractivity contribution in [3.63, 3.8) is 0 Å². The minimum atomic E-state index is 0. The molecular weight excluding hydrogens is 679 g/mol. The summed E-state index contributed by atoms with van der Waals surface area (Å²) in [7, 11) is 0. The van der Waals surface area contributed by atoms with Gasteiger partial charge in [-0.05, 0) is 5.56 Å². The Hall–Kier alpha value is -4.00. The zero-order chi connectivity index (χ0) is 30.0. The summed E-state index contributed by atoms with van der Waals surface area (Å²) in [6.45, 7) is 0. The van der Waals surface area contributed by atoms with E-state index >= 15 is 0 Å². The summed E-state index contributed by atoms with van der Waals surface area (Å²) in [5.41, 5.74) is 7.91. The van der Waals surface area contributed by atoms with Gasteiger partial charge in [0, 0.05) is 0 Å². The van der Waals surface area contributed by atoms with E-state index in [2.05, 4.69) is 188 Å². The average Bonchev–Trinajstić information content (AvgIpc) is 3.76. The van der Waals surface area contributed by atoms with Crippen LogP contribution in [0.3, 0.4) is 0 Å². The Kier molecular flexibility index (Phi) is 13.4. The quantitative estimate of drug-likeness (QED) is 0.229. The number of hydrogen-bond donors (Lipinski definition) is 0. The number of allylic oxidation sites excluding steroid dienone is 4. The summed E-state index contributed by atoms with van der Waals surface area (Å²) < 4.78 is 1.42. The molecule has 0 N–H and O–H groups in total. The normalized spacial score (nSPS) is 11.4. The number of hydrogen-bond acceptors (Lipinski definition) is 0. The van der Waals surface area contributed by atoms with Crippen LogP contribution in [0.25, 0.3) is 32.7 Å². The molecule has 0 nitrogen and oxygen atoms in total. The molecule has 0 saturated heterocycles. The van der Waals surface area contributed by atoms with E-state index in [1.165, 1.54) is 82.4 Å². The Balaban J connectivity index is 0.000000155. The Morgan fingerprint density at radius 3 is 1.35 bits per heavy atom. The van der Waals surface area contributed by atoms with Crippen LogP contribution < -0.4 is 24.8 Å². The second kappa shape index (κ2) is 17.6.